The Morgan fingerprint density at radius 1 is 1.44 bits per heavy atom. The number of rotatable bonds is 3. The van der Waals surface area contributed by atoms with Crippen LogP contribution < -0.4 is 9.58 Å². The van der Waals surface area contributed by atoms with Gasteiger partial charge in [0, 0.05) is 42.2 Å². The van der Waals surface area contributed by atoms with E-state index in [9.17, 15) is 5.21 Å². The zero-order valence-corrected chi connectivity index (χ0v) is 9.80. The minimum atomic E-state index is 0.0630. The molecule has 2 heterocycles. The van der Waals surface area contributed by atoms with Gasteiger partial charge in [-0.05, 0) is 11.3 Å². The molecule has 0 fully saturated rings. The van der Waals surface area contributed by atoms with Crippen molar-refractivity contribution in [1.82, 2.24) is 10.1 Å². The van der Waals surface area contributed by atoms with Crippen LogP contribution in [0.3, 0.4) is 0 Å². The Balaban J connectivity index is 2.09. The third kappa shape index (κ3) is 1.84. The maximum atomic E-state index is 11.8. The molecule has 18 heavy (non-hydrogen) atoms. The number of hydrogen-bond acceptors (Lipinski definition) is 5. The van der Waals surface area contributed by atoms with Crippen molar-refractivity contribution >= 4 is 11.0 Å². The van der Waals surface area contributed by atoms with Gasteiger partial charge in [-0.15, -0.1) is 0 Å². The van der Waals surface area contributed by atoms with Crippen LogP contribution in [-0.4, -0.2) is 28.4 Å². The Labute approximate surface area is 103 Å². The van der Waals surface area contributed by atoms with Gasteiger partial charge >= 0.3 is 0 Å². The summed E-state index contributed by atoms with van der Waals surface area (Å²) in [4.78, 5) is 4.93. The Morgan fingerprint density at radius 2 is 2.33 bits per heavy atom. The summed E-state index contributed by atoms with van der Waals surface area (Å²) in [6, 6.07) is 3.58. The van der Waals surface area contributed by atoms with Crippen LogP contribution in [0.4, 0.5) is 0 Å². The van der Waals surface area contributed by atoms with Crippen molar-refractivity contribution in [3.8, 4) is 5.75 Å². The molecule has 0 radical (unpaired) electrons. The first-order valence-corrected chi connectivity index (χ1v) is 5.95. The van der Waals surface area contributed by atoms with Crippen LogP contribution in [-0.2, 0) is 12.8 Å². The molecule has 0 aliphatic carbocycles. The van der Waals surface area contributed by atoms with Gasteiger partial charge in [0.15, 0.2) is 5.82 Å². The van der Waals surface area contributed by atoms with E-state index in [1.54, 1.807) is 12.1 Å². The van der Waals surface area contributed by atoms with E-state index in [2.05, 4.69) is 10.1 Å². The van der Waals surface area contributed by atoms with Crippen LogP contribution in [0.15, 0.2) is 12.1 Å². The third-order valence-electron chi connectivity index (χ3n) is 3.01. The maximum absolute atomic E-state index is 11.8. The monoisotopic (exact) mass is 247 g/mol. The minimum absolute atomic E-state index is 0.0630. The largest absolute Gasteiger partial charge is 0.594 e. The lowest BCUT2D eigenvalue weighted by Crippen LogP contribution is -2.34. The highest BCUT2D eigenvalue weighted by atomic mass is 16.5. The normalized spacial score (nSPS) is 13.6. The minimum Gasteiger partial charge on any atom is -0.594 e. The molecule has 0 amide bonds. The van der Waals surface area contributed by atoms with Gasteiger partial charge in [0.25, 0.3) is 5.52 Å². The molecule has 6 heteroatoms. The van der Waals surface area contributed by atoms with E-state index >= 15 is 0 Å². The summed E-state index contributed by atoms with van der Waals surface area (Å²) in [6.45, 7) is 0.711. The molecular weight excluding hydrogens is 234 g/mol. The fourth-order valence-corrected chi connectivity index (χ4v) is 2.11. The van der Waals surface area contributed by atoms with E-state index in [0.29, 0.717) is 41.2 Å². The fraction of sp³-hybridized carbons (Fsp3) is 0.417. The molecule has 0 atom stereocenters. The second-order valence-corrected chi connectivity index (χ2v) is 4.28. The molecule has 1 aliphatic rings. The lowest BCUT2D eigenvalue weighted by atomic mass is 10.1. The van der Waals surface area contributed by atoms with Crippen molar-refractivity contribution < 1.29 is 14.7 Å². The van der Waals surface area contributed by atoms with Crippen LogP contribution in [0.5, 0.6) is 5.75 Å². The maximum Gasteiger partial charge on any atom is 0.271 e. The van der Waals surface area contributed by atoms with E-state index in [-0.39, 0.29) is 6.61 Å². The van der Waals surface area contributed by atoms with Crippen molar-refractivity contribution in [2.24, 2.45) is 0 Å². The molecule has 0 saturated heterocycles. The van der Waals surface area contributed by atoms with Gasteiger partial charge in [-0.25, -0.2) is 4.98 Å². The van der Waals surface area contributed by atoms with Gasteiger partial charge in [-0.1, -0.05) is 0 Å². The first-order chi connectivity index (χ1) is 8.78. The van der Waals surface area contributed by atoms with Crippen LogP contribution in [0, 0.1) is 5.21 Å². The Hall–Kier alpha value is -1.95. The molecule has 1 aromatic heterocycles. The van der Waals surface area contributed by atoms with Crippen molar-refractivity contribution in [2.75, 3.05) is 13.2 Å². The molecule has 0 unspecified atom stereocenters. The van der Waals surface area contributed by atoms with Crippen LogP contribution in [0.25, 0.3) is 11.0 Å². The number of nitrogens with zero attached hydrogens (tertiary/aromatic N) is 3. The Morgan fingerprint density at radius 3 is 3.17 bits per heavy atom. The fourth-order valence-electron chi connectivity index (χ4n) is 2.11. The van der Waals surface area contributed by atoms with Gasteiger partial charge in [-0.3, -0.25) is 0 Å². The molecular formula is C12H13N3O3. The summed E-state index contributed by atoms with van der Waals surface area (Å²) in [7, 11) is 0. The molecule has 2 aromatic rings. The van der Waals surface area contributed by atoms with E-state index < -0.39 is 0 Å². The zero-order chi connectivity index (χ0) is 12.5. The lowest BCUT2D eigenvalue weighted by molar-refractivity contribution is -0.644. The van der Waals surface area contributed by atoms with Gasteiger partial charge in [0.05, 0.1) is 6.61 Å². The van der Waals surface area contributed by atoms with Gasteiger partial charge in [0.2, 0.25) is 0 Å². The van der Waals surface area contributed by atoms with Crippen molar-refractivity contribution in [1.29, 1.82) is 0 Å². The molecule has 6 nitrogen and oxygen atoms in total. The highest BCUT2D eigenvalue weighted by Gasteiger charge is 2.19. The van der Waals surface area contributed by atoms with Gasteiger partial charge < -0.3 is 15.1 Å². The number of ether oxygens (including phenoxy) is 1. The summed E-state index contributed by atoms with van der Waals surface area (Å²) in [6.07, 6.45) is 1.86. The van der Waals surface area contributed by atoms with Crippen LogP contribution in [0.2, 0.25) is 0 Å². The zero-order valence-electron chi connectivity index (χ0n) is 9.80. The number of aliphatic hydroxyl groups excluding tert-OH is 1. The third-order valence-corrected chi connectivity index (χ3v) is 3.01. The predicted molar refractivity (Wildman–Crippen MR) is 63.1 cm³/mol. The molecule has 3 rings (SSSR count). The topological polar surface area (TPSA) is 82.2 Å². The summed E-state index contributed by atoms with van der Waals surface area (Å²) in [5.74, 6) is 1.25. The van der Waals surface area contributed by atoms with Gasteiger partial charge in [0.1, 0.15) is 11.3 Å². The van der Waals surface area contributed by atoms with E-state index in [1.165, 1.54) is 0 Å². The first kappa shape index (κ1) is 11.2. The molecule has 0 saturated carbocycles. The van der Waals surface area contributed by atoms with Crippen molar-refractivity contribution in [2.45, 2.75) is 19.3 Å². The lowest BCUT2D eigenvalue weighted by Gasteiger charge is -2.04. The smallest absolute Gasteiger partial charge is 0.271 e. The second-order valence-electron chi connectivity index (χ2n) is 4.28. The highest BCUT2D eigenvalue weighted by molar-refractivity contribution is 5.75. The SMILES string of the molecule is [O-][n+]1nc(CCCO)nc2cc3c(cc21)CCO3. The van der Waals surface area contributed by atoms with Crippen molar-refractivity contribution in [3.05, 3.63) is 28.7 Å². The summed E-state index contributed by atoms with van der Waals surface area (Å²) >= 11 is 0. The standard InChI is InChI=1S/C12H13N3O3/c16-4-1-2-12-13-9-7-11-8(3-5-18-11)6-10(9)15(17)14-12/h6-7,16H,1-5H2. The number of fused-ring (bicyclic) bond motifs is 2. The molecule has 0 spiro atoms. The molecule has 0 bridgehead atoms. The number of hydrogen-bond donors (Lipinski definition) is 1. The Kier molecular flexibility index (Phi) is 2.71. The van der Waals surface area contributed by atoms with Gasteiger partial charge in [-0.2, -0.15) is 0 Å². The first-order valence-electron chi connectivity index (χ1n) is 5.95. The van der Waals surface area contributed by atoms with E-state index in [1.807, 2.05) is 0 Å². The summed E-state index contributed by atoms with van der Waals surface area (Å²) in [5.41, 5.74) is 2.08. The average Bonchev–Trinajstić information content (AvgIpc) is 2.81. The van der Waals surface area contributed by atoms with Crippen LogP contribution >= 0.6 is 0 Å². The Bertz CT molecular complexity index is 601. The average molecular weight is 247 g/mol. The molecule has 1 aromatic carbocycles. The summed E-state index contributed by atoms with van der Waals surface area (Å²) < 4.78 is 5.46. The van der Waals surface area contributed by atoms with Crippen LogP contribution in [0.1, 0.15) is 17.8 Å². The molecule has 94 valence electrons. The molecule has 1 aliphatic heterocycles. The second kappa shape index (κ2) is 4.38. The predicted octanol–water partition coefficient (Wildman–Crippen LogP) is 0.123. The number of benzene rings is 1. The summed E-state index contributed by atoms with van der Waals surface area (Å²) in [5, 5.41) is 24.5. The van der Waals surface area contributed by atoms with E-state index in [4.69, 9.17) is 9.84 Å². The number of aromatic nitrogens is 3. The van der Waals surface area contributed by atoms with Crippen molar-refractivity contribution in [3.63, 3.8) is 0 Å². The number of aliphatic hydroxyl groups is 1. The highest BCUT2D eigenvalue weighted by Crippen LogP contribution is 2.28. The number of aryl methyl sites for hydroxylation is 1. The van der Waals surface area contributed by atoms with E-state index in [0.717, 1.165) is 17.7 Å². The molecule has 1 N–H and O–H groups in total. The quantitative estimate of drug-likeness (QED) is 0.615.